The van der Waals surface area contributed by atoms with Gasteiger partial charge in [-0.3, -0.25) is 4.79 Å². The number of hydrogen-bond acceptors (Lipinski definition) is 4. The topological polar surface area (TPSA) is 75.7 Å². The number of nitrogens with zero attached hydrogens (tertiary/aromatic N) is 1. The van der Waals surface area contributed by atoms with Gasteiger partial charge in [0.05, 0.1) is 6.61 Å². The lowest BCUT2D eigenvalue weighted by molar-refractivity contribution is 0.102. The second kappa shape index (κ2) is 8.29. The van der Waals surface area contributed by atoms with Gasteiger partial charge in [0.1, 0.15) is 10.6 Å². The Kier molecular flexibility index (Phi) is 6.04. The molecule has 0 unspecified atom stereocenters. The fraction of sp³-hybridized carbons (Fsp3) is 0.316. The number of carbonyl (C=O) groups is 1. The Morgan fingerprint density at radius 2 is 1.93 bits per heavy atom. The fourth-order valence-corrected chi connectivity index (χ4v) is 4.83. The molecule has 27 heavy (non-hydrogen) atoms. The first-order chi connectivity index (χ1) is 12.9. The van der Waals surface area contributed by atoms with Crippen molar-refractivity contribution in [3.8, 4) is 5.75 Å². The van der Waals surface area contributed by atoms with Gasteiger partial charge in [-0.25, -0.2) is 8.42 Å². The summed E-state index contributed by atoms with van der Waals surface area (Å²) in [5, 5.41) is 3.22. The highest BCUT2D eigenvalue weighted by molar-refractivity contribution is 7.89. The van der Waals surface area contributed by atoms with E-state index in [2.05, 4.69) is 5.32 Å². The summed E-state index contributed by atoms with van der Waals surface area (Å²) in [5.74, 6) is -0.165. The average molecular weight is 409 g/mol. The number of rotatable bonds is 6. The van der Waals surface area contributed by atoms with Crippen molar-refractivity contribution in [2.45, 2.75) is 24.7 Å². The molecule has 1 aliphatic rings. The van der Waals surface area contributed by atoms with E-state index in [1.54, 1.807) is 37.3 Å². The number of hydrogen-bond donors (Lipinski definition) is 1. The van der Waals surface area contributed by atoms with Gasteiger partial charge in [-0.2, -0.15) is 4.31 Å². The molecule has 1 N–H and O–H groups in total. The minimum absolute atomic E-state index is 0.0185. The summed E-state index contributed by atoms with van der Waals surface area (Å²) in [6.45, 7) is 3.07. The van der Waals surface area contributed by atoms with Crippen molar-refractivity contribution >= 4 is 33.2 Å². The summed E-state index contributed by atoms with van der Waals surface area (Å²) in [6, 6.07) is 11.2. The maximum Gasteiger partial charge on any atom is 0.255 e. The number of carbonyl (C=O) groups excluding carboxylic acids is 1. The van der Waals surface area contributed by atoms with Gasteiger partial charge in [-0.15, -0.1) is 0 Å². The molecule has 1 fully saturated rings. The molecule has 0 bridgehead atoms. The third-order valence-electron chi connectivity index (χ3n) is 4.27. The molecular weight excluding hydrogens is 388 g/mol. The molecule has 8 heteroatoms. The first-order valence-corrected chi connectivity index (χ1v) is 10.6. The van der Waals surface area contributed by atoms with E-state index in [1.165, 1.54) is 16.4 Å². The lowest BCUT2D eigenvalue weighted by Gasteiger charge is -2.19. The Hall–Kier alpha value is -2.09. The van der Waals surface area contributed by atoms with Gasteiger partial charge in [0, 0.05) is 29.4 Å². The summed E-state index contributed by atoms with van der Waals surface area (Å²) in [5.41, 5.74) is 0.765. The molecule has 0 atom stereocenters. The molecule has 0 aliphatic carbocycles. The highest BCUT2D eigenvalue weighted by atomic mass is 35.5. The summed E-state index contributed by atoms with van der Waals surface area (Å²) in [7, 11) is -3.72. The summed E-state index contributed by atoms with van der Waals surface area (Å²) >= 11 is 5.93. The maximum absolute atomic E-state index is 13.0. The molecular formula is C19H21ClN2O4S. The third-order valence-corrected chi connectivity index (χ3v) is 6.43. The van der Waals surface area contributed by atoms with Crippen LogP contribution in [0.1, 0.15) is 30.1 Å². The summed E-state index contributed by atoms with van der Waals surface area (Å²) in [6.07, 6.45) is 1.66. The predicted molar refractivity (Wildman–Crippen MR) is 105 cm³/mol. The Labute approximate surface area is 164 Å². The van der Waals surface area contributed by atoms with Crippen molar-refractivity contribution in [2.75, 3.05) is 25.0 Å². The van der Waals surface area contributed by atoms with Crippen LogP contribution in [-0.2, 0) is 10.0 Å². The van der Waals surface area contributed by atoms with Crippen LogP contribution >= 0.6 is 11.6 Å². The zero-order valence-corrected chi connectivity index (χ0v) is 16.5. The van der Waals surface area contributed by atoms with E-state index < -0.39 is 15.9 Å². The van der Waals surface area contributed by atoms with Crippen molar-refractivity contribution in [3.63, 3.8) is 0 Å². The number of amides is 1. The van der Waals surface area contributed by atoms with Crippen LogP contribution in [0.3, 0.4) is 0 Å². The van der Waals surface area contributed by atoms with Crippen LogP contribution in [0, 0.1) is 0 Å². The Morgan fingerprint density at radius 3 is 2.59 bits per heavy atom. The number of sulfonamides is 1. The lowest BCUT2D eigenvalue weighted by atomic mass is 10.2. The summed E-state index contributed by atoms with van der Waals surface area (Å²) < 4.78 is 32.9. The molecule has 1 heterocycles. The van der Waals surface area contributed by atoms with E-state index >= 15 is 0 Å². The third kappa shape index (κ3) is 4.43. The Balaban J connectivity index is 1.94. The van der Waals surface area contributed by atoms with E-state index in [0.29, 0.717) is 30.4 Å². The molecule has 0 aromatic heterocycles. The van der Waals surface area contributed by atoms with Crippen molar-refractivity contribution in [1.29, 1.82) is 0 Å². The minimum Gasteiger partial charge on any atom is -0.492 e. The molecule has 3 rings (SSSR count). The van der Waals surface area contributed by atoms with Gasteiger partial charge in [0.2, 0.25) is 10.0 Å². The van der Waals surface area contributed by atoms with Gasteiger partial charge >= 0.3 is 0 Å². The van der Waals surface area contributed by atoms with Crippen LogP contribution in [0.25, 0.3) is 0 Å². The lowest BCUT2D eigenvalue weighted by Crippen LogP contribution is -2.28. The van der Waals surface area contributed by atoms with Crippen LogP contribution < -0.4 is 10.1 Å². The summed E-state index contributed by atoms with van der Waals surface area (Å²) in [4.78, 5) is 12.6. The minimum atomic E-state index is -3.72. The van der Waals surface area contributed by atoms with Crippen molar-refractivity contribution in [2.24, 2.45) is 0 Å². The van der Waals surface area contributed by atoms with Crippen molar-refractivity contribution < 1.29 is 17.9 Å². The molecule has 1 amide bonds. The molecule has 1 aliphatic heterocycles. The molecule has 0 saturated carbocycles. The Morgan fingerprint density at radius 1 is 1.19 bits per heavy atom. The molecule has 144 valence electrons. The first kappa shape index (κ1) is 19.7. The monoisotopic (exact) mass is 408 g/mol. The number of ether oxygens (including phenoxy) is 1. The normalized spacial score (nSPS) is 14.9. The SMILES string of the molecule is CCOc1ccc(C(=O)Nc2cccc(Cl)c2)cc1S(=O)(=O)N1CCCC1. The zero-order chi connectivity index (χ0) is 19.4. The molecule has 2 aromatic rings. The first-order valence-electron chi connectivity index (χ1n) is 8.75. The fourth-order valence-electron chi connectivity index (χ4n) is 2.96. The van der Waals surface area contributed by atoms with Gasteiger partial charge in [0.25, 0.3) is 5.91 Å². The maximum atomic E-state index is 13.0. The Bertz CT molecular complexity index is 940. The van der Waals surface area contributed by atoms with Gasteiger partial charge in [-0.1, -0.05) is 17.7 Å². The molecule has 1 saturated heterocycles. The molecule has 0 spiro atoms. The smallest absolute Gasteiger partial charge is 0.255 e. The number of nitrogens with one attached hydrogen (secondary N) is 1. The van der Waals surface area contributed by atoms with Gasteiger partial charge in [0.15, 0.2) is 0 Å². The van der Waals surface area contributed by atoms with Crippen LogP contribution in [-0.4, -0.2) is 38.3 Å². The molecule has 6 nitrogen and oxygen atoms in total. The molecule has 2 aromatic carbocycles. The van der Waals surface area contributed by atoms with Crippen molar-refractivity contribution in [1.82, 2.24) is 4.31 Å². The highest BCUT2D eigenvalue weighted by Crippen LogP contribution is 2.30. The van der Waals surface area contributed by atoms with Crippen LogP contribution in [0.15, 0.2) is 47.4 Å². The largest absolute Gasteiger partial charge is 0.492 e. The number of halogens is 1. The average Bonchev–Trinajstić information content (AvgIpc) is 3.17. The van der Waals surface area contributed by atoms with E-state index in [0.717, 1.165) is 12.8 Å². The number of benzene rings is 2. The quantitative estimate of drug-likeness (QED) is 0.789. The number of anilines is 1. The highest BCUT2D eigenvalue weighted by Gasteiger charge is 2.30. The second-order valence-corrected chi connectivity index (χ2v) is 8.51. The molecule has 0 radical (unpaired) electrons. The predicted octanol–water partition coefficient (Wildman–Crippen LogP) is 3.78. The second-order valence-electron chi connectivity index (χ2n) is 6.17. The van der Waals surface area contributed by atoms with E-state index in [1.807, 2.05) is 0 Å². The van der Waals surface area contributed by atoms with Gasteiger partial charge in [-0.05, 0) is 56.2 Å². The van der Waals surface area contributed by atoms with Crippen LogP contribution in [0.5, 0.6) is 5.75 Å². The van der Waals surface area contributed by atoms with E-state index in [9.17, 15) is 13.2 Å². The van der Waals surface area contributed by atoms with E-state index in [4.69, 9.17) is 16.3 Å². The standard InChI is InChI=1S/C19H21ClN2O4S/c1-2-26-17-9-8-14(19(23)21-16-7-5-6-15(20)13-16)12-18(17)27(24,25)22-10-3-4-11-22/h5-9,12-13H,2-4,10-11H2,1H3,(H,21,23). The van der Waals surface area contributed by atoms with Crippen molar-refractivity contribution in [3.05, 3.63) is 53.1 Å². The zero-order valence-electron chi connectivity index (χ0n) is 14.9. The van der Waals surface area contributed by atoms with E-state index in [-0.39, 0.29) is 16.2 Å². The van der Waals surface area contributed by atoms with Gasteiger partial charge < -0.3 is 10.1 Å². The van der Waals surface area contributed by atoms with Crippen LogP contribution in [0.4, 0.5) is 5.69 Å². The van der Waals surface area contributed by atoms with Crippen LogP contribution in [0.2, 0.25) is 5.02 Å².